The highest BCUT2D eigenvalue weighted by atomic mass is 16.2. The van der Waals surface area contributed by atoms with E-state index in [0.717, 1.165) is 16.6 Å². The lowest BCUT2D eigenvalue weighted by Crippen LogP contribution is -2.52. The second kappa shape index (κ2) is 4.18. The number of nitrogens with zero attached hydrogens (tertiary/aromatic N) is 1. The molecule has 3 heterocycles. The van der Waals surface area contributed by atoms with E-state index in [4.69, 9.17) is 0 Å². The molecule has 2 aliphatic rings. The maximum absolute atomic E-state index is 12.6. The van der Waals surface area contributed by atoms with Crippen molar-refractivity contribution in [2.24, 2.45) is 0 Å². The lowest BCUT2D eigenvalue weighted by atomic mass is 10.0. The molecule has 0 bridgehead atoms. The number of fused-ring (bicyclic) bond motifs is 3. The number of amides is 3. The number of carbonyl (C=O) groups excluding carboxylic acids is 3. The second-order valence-electron chi connectivity index (χ2n) is 5.42. The van der Waals surface area contributed by atoms with Gasteiger partial charge >= 0.3 is 0 Å². The van der Waals surface area contributed by atoms with E-state index in [9.17, 15) is 14.4 Å². The van der Waals surface area contributed by atoms with Gasteiger partial charge in [0.15, 0.2) is 0 Å². The second-order valence-corrected chi connectivity index (χ2v) is 5.42. The number of hydrogen-bond donors (Lipinski definition) is 2. The van der Waals surface area contributed by atoms with Crippen molar-refractivity contribution in [2.45, 2.75) is 25.4 Å². The fraction of sp³-hybridized carbons (Fsp3) is 0.267. The van der Waals surface area contributed by atoms with Crippen LogP contribution >= 0.6 is 0 Å². The molecule has 0 spiro atoms. The lowest BCUT2D eigenvalue weighted by molar-refractivity contribution is -0.136. The average Bonchev–Trinajstić information content (AvgIpc) is 2.96. The van der Waals surface area contributed by atoms with Gasteiger partial charge in [0, 0.05) is 23.0 Å². The molecule has 6 nitrogen and oxygen atoms in total. The molecule has 0 saturated carbocycles. The van der Waals surface area contributed by atoms with Crippen LogP contribution in [0.2, 0.25) is 0 Å². The van der Waals surface area contributed by atoms with Crippen molar-refractivity contribution < 1.29 is 14.4 Å². The van der Waals surface area contributed by atoms with E-state index in [1.807, 2.05) is 24.3 Å². The van der Waals surface area contributed by atoms with Crippen molar-refractivity contribution in [1.82, 2.24) is 15.2 Å². The highest BCUT2D eigenvalue weighted by Gasteiger charge is 2.40. The van der Waals surface area contributed by atoms with E-state index in [0.29, 0.717) is 18.5 Å². The topological polar surface area (TPSA) is 82.3 Å². The monoisotopic (exact) mass is 283 g/mol. The third kappa shape index (κ3) is 1.68. The molecule has 1 aromatic carbocycles. The van der Waals surface area contributed by atoms with Gasteiger partial charge in [-0.15, -0.1) is 0 Å². The molecule has 21 heavy (non-hydrogen) atoms. The highest BCUT2D eigenvalue weighted by Crippen LogP contribution is 2.32. The van der Waals surface area contributed by atoms with Crippen molar-refractivity contribution in [1.29, 1.82) is 0 Å². The Kier molecular flexibility index (Phi) is 2.42. The molecule has 4 rings (SSSR count). The normalized spacial score (nSPS) is 21.8. The van der Waals surface area contributed by atoms with Gasteiger partial charge in [0.1, 0.15) is 6.04 Å². The number of aromatic amines is 1. The number of imide groups is 1. The van der Waals surface area contributed by atoms with Gasteiger partial charge in [-0.1, -0.05) is 18.2 Å². The summed E-state index contributed by atoms with van der Waals surface area (Å²) < 4.78 is 0. The van der Waals surface area contributed by atoms with Crippen LogP contribution in [0.4, 0.5) is 0 Å². The summed E-state index contributed by atoms with van der Waals surface area (Å²) in [6.07, 6.45) is 0.660. The summed E-state index contributed by atoms with van der Waals surface area (Å²) >= 11 is 0. The predicted octanol–water partition coefficient (Wildman–Crippen LogP) is 0.929. The number of hydrogen-bond acceptors (Lipinski definition) is 3. The zero-order chi connectivity index (χ0) is 14.6. The Labute approximate surface area is 120 Å². The fourth-order valence-corrected chi connectivity index (χ4v) is 3.18. The van der Waals surface area contributed by atoms with E-state index >= 15 is 0 Å². The zero-order valence-corrected chi connectivity index (χ0v) is 11.2. The summed E-state index contributed by atoms with van der Waals surface area (Å²) in [7, 11) is 0. The van der Waals surface area contributed by atoms with E-state index in [1.54, 1.807) is 4.90 Å². The summed E-state index contributed by atoms with van der Waals surface area (Å²) in [6, 6.07) is 7.07. The Hall–Kier alpha value is -2.63. The number of rotatable bonds is 1. The number of piperidine rings is 1. The maximum atomic E-state index is 12.6. The van der Waals surface area contributed by atoms with Crippen LogP contribution in [0.1, 0.15) is 28.9 Å². The molecule has 106 valence electrons. The van der Waals surface area contributed by atoms with Gasteiger partial charge in [0.2, 0.25) is 11.8 Å². The van der Waals surface area contributed by atoms with Crippen LogP contribution < -0.4 is 5.32 Å². The Bertz CT molecular complexity index is 793. The smallest absolute Gasteiger partial charge is 0.257 e. The van der Waals surface area contributed by atoms with Crippen LogP contribution in [0.25, 0.3) is 10.9 Å². The standard InChI is InChI=1S/C15H13N3O3/c19-12-6-5-11(14(20)17-12)18-7-10-13(15(18)21)8-3-1-2-4-9(8)16-10/h1-4,11,16H,5-7H2,(H,17,19,20). The van der Waals surface area contributed by atoms with Crippen molar-refractivity contribution in [3.63, 3.8) is 0 Å². The Morgan fingerprint density at radius 3 is 2.76 bits per heavy atom. The van der Waals surface area contributed by atoms with Crippen LogP contribution in [0.5, 0.6) is 0 Å². The van der Waals surface area contributed by atoms with E-state index in [2.05, 4.69) is 10.3 Å². The Morgan fingerprint density at radius 2 is 1.95 bits per heavy atom. The minimum atomic E-state index is -0.560. The molecule has 0 aliphatic carbocycles. The first kappa shape index (κ1) is 12.1. The number of carbonyl (C=O) groups is 3. The lowest BCUT2D eigenvalue weighted by Gasteiger charge is -2.29. The average molecular weight is 283 g/mol. The van der Waals surface area contributed by atoms with Gasteiger partial charge in [-0.05, 0) is 12.5 Å². The highest BCUT2D eigenvalue weighted by molar-refractivity contribution is 6.12. The van der Waals surface area contributed by atoms with Crippen molar-refractivity contribution in [3.05, 3.63) is 35.5 Å². The molecule has 1 unspecified atom stereocenters. The van der Waals surface area contributed by atoms with Crippen molar-refractivity contribution >= 4 is 28.6 Å². The van der Waals surface area contributed by atoms with Crippen LogP contribution in [0, 0.1) is 0 Å². The molecule has 1 saturated heterocycles. The van der Waals surface area contributed by atoms with Gasteiger partial charge in [0.05, 0.1) is 12.1 Å². The molecule has 6 heteroatoms. The first-order valence-electron chi connectivity index (χ1n) is 6.89. The predicted molar refractivity (Wildman–Crippen MR) is 74.3 cm³/mol. The number of H-pyrrole nitrogens is 1. The van der Waals surface area contributed by atoms with Crippen LogP contribution in [-0.2, 0) is 16.1 Å². The van der Waals surface area contributed by atoms with E-state index in [1.165, 1.54) is 0 Å². The maximum Gasteiger partial charge on any atom is 0.257 e. The summed E-state index contributed by atoms with van der Waals surface area (Å²) in [6.45, 7) is 0.384. The molecule has 1 aromatic heterocycles. The van der Waals surface area contributed by atoms with Crippen LogP contribution in [-0.4, -0.2) is 33.6 Å². The third-order valence-corrected chi connectivity index (χ3v) is 4.17. The molecule has 3 amide bonds. The minimum absolute atomic E-state index is 0.142. The Morgan fingerprint density at radius 1 is 1.14 bits per heavy atom. The molecule has 1 fully saturated rings. The van der Waals surface area contributed by atoms with Gasteiger partial charge in [-0.2, -0.15) is 0 Å². The quantitative estimate of drug-likeness (QED) is 0.764. The molecule has 1 atom stereocenters. The first-order valence-corrected chi connectivity index (χ1v) is 6.89. The summed E-state index contributed by atoms with van der Waals surface area (Å²) in [5, 5.41) is 3.18. The largest absolute Gasteiger partial charge is 0.356 e. The number of aromatic nitrogens is 1. The van der Waals surface area contributed by atoms with Gasteiger partial charge in [-0.25, -0.2) is 0 Å². The molecule has 0 radical (unpaired) electrons. The van der Waals surface area contributed by atoms with E-state index in [-0.39, 0.29) is 24.1 Å². The molecule has 2 aromatic rings. The molecular weight excluding hydrogens is 270 g/mol. The number of benzene rings is 1. The molecule has 2 aliphatic heterocycles. The van der Waals surface area contributed by atoms with Crippen molar-refractivity contribution in [3.8, 4) is 0 Å². The minimum Gasteiger partial charge on any atom is -0.356 e. The number of nitrogens with one attached hydrogen (secondary N) is 2. The summed E-state index contributed by atoms with van der Waals surface area (Å²) in [5.41, 5.74) is 2.42. The van der Waals surface area contributed by atoms with Gasteiger partial charge < -0.3 is 9.88 Å². The summed E-state index contributed by atoms with van der Waals surface area (Å²) in [5.74, 6) is -0.794. The number of para-hydroxylation sites is 1. The van der Waals surface area contributed by atoms with Gasteiger partial charge in [-0.3, -0.25) is 19.7 Å². The van der Waals surface area contributed by atoms with E-state index < -0.39 is 6.04 Å². The zero-order valence-electron chi connectivity index (χ0n) is 11.2. The SMILES string of the molecule is O=C1CCC(N2Cc3[nH]c4ccccc4c3C2=O)C(=O)N1. The van der Waals surface area contributed by atoms with Crippen LogP contribution in [0.3, 0.4) is 0 Å². The first-order chi connectivity index (χ1) is 10.1. The van der Waals surface area contributed by atoms with Gasteiger partial charge in [0.25, 0.3) is 5.91 Å². The Balaban J connectivity index is 1.70. The third-order valence-electron chi connectivity index (χ3n) is 4.17. The molecular formula is C15H13N3O3. The summed E-state index contributed by atoms with van der Waals surface area (Å²) in [4.78, 5) is 40.6. The molecule has 2 N–H and O–H groups in total. The van der Waals surface area contributed by atoms with Crippen LogP contribution in [0.15, 0.2) is 24.3 Å². The van der Waals surface area contributed by atoms with Crippen molar-refractivity contribution in [2.75, 3.05) is 0 Å². The fourth-order valence-electron chi connectivity index (χ4n) is 3.18.